The largest absolute Gasteiger partial charge is 0.340 e. The van der Waals surface area contributed by atoms with Gasteiger partial charge in [0.15, 0.2) is 0 Å². The molecule has 2 N–H and O–H groups in total. The van der Waals surface area contributed by atoms with E-state index in [1.165, 1.54) is 5.56 Å². The Morgan fingerprint density at radius 1 is 1.31 bits per heavy atom. The Bertz CT molecular complexity index is 889. The minimum absolute atomic E-state index is 0.175. The number of rotatable bonds is 5. The highest BCUT2D eigenvalue weighted by molar-refractivity contribution is 5.77. The molecule has 0 fully saturated rings. The molecule has 1 atom stereocenters. The molecule has 3 rings (SSSR count). The molecule has 7 nitrogen and oxygen atoms in total. The lowest BCUT2D eigenvalue weighted by Gasteiger charge is -2.24. The van der Waals surface area contributed by atoms with Gasteiger partial charge in [-0.2, -0.15) is 0 Å². The molecule has 0 radical (unpaired) electrons. The van der Waals surface area contributed by atoms with E-state index in [0.717, 1.165) is 22.6 Å². The highest BCUT2D eigenvalue weighted by Crippen LogP contribution is 2.23. The number of aryl methyl sites for hydroxylation is 1. The highest BCUT2D eigenvalue weighted by Gasteiger charge is 2.23. The molecule has 0 spiro atoms. The number of carbonyl (C=O) groups excluding carboxylic acids is 1. The van der Waals surface area contributed by atoms with Crippen molar-refractivity contribution >= 4 is 17.1 Å². The van der Waals surface area contributed by atoms with Gasteiger partial charge in [-0.05, 0) is 30.5 Å². The maximum absolute atomic E-state index is 12.6. The molecule has 26 heavy (non-hydrogen) atoms. The maximum Gasteiger partial charge on any atom is 0.318 e. The van der Waals surface area contributed by atoms with Crippen LogP contribution in [-0.4, -0.2) is 37.9 Å². The summed E-state index contributed by atoms with van der Waals surface area (Å²) in [5, 5.41) is 3.07. The number of imidazole rings is 1. The van der Waals surface area contributed by atoms with Gasteiger partial charge in [-0.3, -0.25) is 9.97 Å². The first kappa shape index (κ1) is 17.8. The van der Waals surface area contributed by atoms with Gasteiger partial charge in [0.25, 0.3) is 0 Å². The molecule has 7 heteroatoms. The van der Waals surface area contributed by atoms with Crippen LogP contribution in [0.3, 0.4) is 0 Å². The first-order valence-corrected chi connectivity index (χ1v) is 8.67. The molecule has 1 aromatic carbocycles. The van der Waals surface area contributed by atoms with Crippen LogP contribution in [0.4, 0.5) is 4.79 Å². The van der Waals surface area contributed by atoms with Crippen molar-refractivity contribution in [3.63, 3.8) is 0 Å². The number of H-pyrrole nitrogens is 1. The number of benzene rings is 1. The molecule has 2 heterocycles. The van der Waals surface area contributed by atoms with Crippen molar-refractivity contribution in [2.24, 2.45) is 5.92 Å². The van der Waals surface area contributed by atoms with E-state index >= 15 is 0 Å². The Morgan fingerprint density at radius 3 is 2.81 bits per heavy atom. The lowest BCUT2D eigenvalue weighted by Crippen LogP contribution is -2.41. The fourth-order valence-electron chi connectivity index (χ4n) is 2.81. The van der Waals surface area contributed by atoms with Gasteiger partial charge in [-0.1, -0.05) is 19.9 Å². The smallest absolute Gasteiger partial charge is 0.318 e. The quantitative estimate of drug-likeness (QED) is 0.738. The number of urea groups is 1. The standard InChI is InChI=1S/C19H24N6O/c1-12(2)17(18-22-15-6-5-13(3)9-16(15)23-18)24-19(26)25(4)11-14-10-20-7-8-21-14/h5-10,12,17H,11H2,1-4H3,(H,22,23)(H,24,26). The second kappa shape index (κ2) is 7.51. The molecule has 136 valence electrons. The Kier molecular flexibility index (Phi) is 5.16. The van der Waals surface area contributed by atoms with Crippen molar-refractivity contribution in [2.75, 3.05) is 7.05 Å². The number of aromatic nitrogens is 4. The van der Waals surface area contributed by atoms with E-state index in [0.29, 0.717) is 6.54 Å². The van der Waals surface area contributed by atoms with Gasteiger partial charge in [0.1, 0.15) is 5.82 Å². The van der Waals surface area contributed by atoms with Crippen molar-refractivity contribution in [2.45, 2.75) is 33.4 Å². The molecular weight excluding hydrogens is 328 g/mol. The minimum Gasteiger partial charge on any atom is -0.340 e. The second-order valence-electron chi connectivity index (χ2n) is 6.87. The molecule has 3 aromatic rings. The Morgan fingerprint density at radius 2 is 2.12 bits per heavy atom. The molecule has 1 unspecified atom stereocenters. The first-order chi connectivity index (χ1) is 12.4. The fraction of sp³-hybridized carbons (Fsp3) is 0.368. The first-order valence-electron chi connectivity index (χ1n) is 8.67. The van der Waals surface area contributed by atoms with Gasteiger partial charge >= 0.3 is 6.03 Å². The third kappa shape index (κ3) is 3.99. The normalized spacial score (nSPS) is 12.3. The van der Waals surface area contributed by atoms with Crippen LogP contribution in [0.1, 0.15) is 37.0 Å². The maximum atomic E-state index is 12.6. The molecule has 0 aliphatic rings. The van der Waals surface area contributed by atoms with Gasteiger partial charge in [0, 0.05) is 19.4 Å². The van der Waals surface area contributed by atoms with Crippen LogP contribution in [0.25, 0.3) is 11.0 Å². The lowest BCUT2D eigenvalue weighted by atomic mass is 10.0. The van der Waals surface area contributed by atoms with Crippen molar-refractivity contribution in [3.05, 3.63) is 53.9 Å². The van der Waals surface area contributed by atoms with E-state index in [2.05, 4.69) is 45.2 Å². The molecule has 0 saturated heterocycles. The van der Waals surface area contributed by atoms with Crippen LogP contribution in [0.2, 0.25) is 0 Å². The number of aromatic amines is 1. The third-order valence-electron chi connectivity index (χ3n) is 4.26. The summed E-state index contributed by atoms with van der Waals surface area (Å²) in [6.45, 7) is 6.56. The summed E-state index contributed by atoms with van der Waals surface area (Å²) in [6, 6.07) is 5.70. The number of carbonyl (C=O) groups is 1. The van der Waals surface area contributed by atoms with Crippen molar-refractivity contribution in [1.82, 2.24) is 30.2 Å². The second-order valence-corrected chi connectivity index (χ2v) is 6.87. The number of fused-ring (bicyclic) bond motifs is 1. The molecule has 0 bridgehead atoms. The summed E-state index contributed by atoms with van der Waals surface area (Å²) in [5.74, 6) is 0.951. The van der Waals surface area contributed by atoms with Crippen molar-refractivity contribution in [1.29, 1.82) is 0 Å². The van der Waals surface area contributed by atoms with Crippen LogP contribution in [0.5, 0.6) is 0 Å². The molecule has 0 aliphatic carbocycles. The zero-order valence-corrected chi connectivity index (χ0v) is 15.5. The van der Waals surface area contributed by atoms with E-state index in [9.17, 15) is 4.79 Å². The Labute approximate surface area is 152 Å². The SMILES string of the molecule is Cc1ccc2nc(C(NC(=O)N(C)Cc3cnccn3)C(C)C)[nH]c2c1. The van der Waals surface area contributed by atoms with Crippen LogP contribution < -0.4 is 5.32 Å². The number of hydrogen-bond donors (Lipinski definition) is 2. The van der Waals surface area contributed by atoms with Crippen molar-refractivity contribution < 1.29 is 4.79 Å². The van der Waals surface area contributed by atoms with E-state index in [4.69, 9.17) is 0 Å². The van der Waals surface area contributed by atoms with Crippen molar-refractivity contribution in [3.8, 4) is 0 Å². The van der Waals surface area contributed by atoms with E-state index < -0.39 is 0 Å². The fourth-order valence-corrected chi connectivity index (χ4v) is 2.81. The monoisotopic (exact) mass is 352 g/mol. The summed E-state index contributed by atoms with van der Waals surface area (Å²) in [6.07, 6.45) is 4.89. The number of nitrogens with zero attached hydrogens (tertiary/aromatic N) is 4. The average Bonchev–Trinajstić information content (AvgIpc) is 3.02. The third-order valence-corrected chi connectivity index (χ3v) is 4.26. The average molecular weight is 352 g/mol. The van der Waals surface area contributed by atoms with E-state index in [1.807, 2.05) is 19.1 Å². The predicted molar refractivity (Wildman–Crippen MR) is 100 cm³/mol. The van der Waals surface area contributed by atoms with Gasteiger partial charge in [-0.25, -0.2) is 9.78 Å². The van der Waals surface area contributed by atoms with Gasteiger partial charge < -0.3 is 15.2 Å². The summed E-state index contributed by atoms with van der Waals surface area (Å²) >= 11 is 0. The van der Waals surface area contributed by atoms with E-state index in [-0.39, 0.29) is 18.0 Å². The zero-order chi connectivity index (χ0) is 18.7. The molecular formula is C19H24N6O. The lowest BCUT2D eigenvalue weighted by molar-refractivity contribution is 0.197. The summed E-state index contributed by atoms with van der Waals surface area (Å²) in [5.41, 5.74) is 3.79. The molecule has 0 aliphatic heterocycles. The summed E-state index contributed by atoms with van der Waals surface area (Å²) in [4.78, 5) is 30.5. The van der Waals surface area contributed by atoms with Gasteiger partial charge in [-0.15, -0.1) is 0 Å². The highest BCUT2D eigenvalue weighted by atomic mass is 16.2. The van der Waals surface area contributed by atoms with Crippen LogP contribution in [0, 0.1) is 12.8 Å². The molecule has 0 saturated carbocycles. The van der Waals surface area contributed by atoms with Crippen LogP contribution >= 0.6 is 0 Å². The summed E-state index contributed by atoms with van der Waals surface area (Å²) < 4.78 is 0. The van der Waals surface area contributed by atoms with Crippen LogP contribution in [-0.2, 0) is 6.54 Å². The number of nitrogens with one attached hydrogen (secondary N) is 2. The van der Waals surface area contributed by atoms with Gasteiger partial charge in [0.2, 0.25) is 0 Å². The number of amides is 2. The summed E-state index contributed by atoms with van der Waals surface area (Å²) in [7, 11) is 1.74. The van der Waals surface area contributed by atoms with Gasteiger partial charge in [0.05, 0.1) is 35.5 Å². The molecule has 2 amide bonds. The Hall–Kier alpha value is -2.96. The Balaban J connectivity index is 1.75. The zero-order valence-electron chi connectivity index (χ0n) is 15.5. The number of hydrogen-bond acceptors (Lipinski definition) is 4. The molecule has 2 aromatic heterocycles. The predicted octanol–water partition coefficient (Wildman–Crippen LogP) is 3.20. The van der Waals surface area contributed by atoms with Crippen LogP contribution in [0.15, 0.2) is 36.8 Å². The van der Waals surface area contributed by atoms with E-state index in [1.54, 1.807) is 30.5 Å². The topological polar surface area (TPSA) is 86.8 Å². The minimum atomic E-state index is -0.209.